The molecule has 2 aromatic rings. The number of ether oxygens (including phenoxy) is 1. The molecular weight excluding hydrogens is 452 g/mol. The monoisotopic (exact) mass is 483 g/mol. The Morgan fingerprint density at radius 2 is 1.74 bits per heavy atom. The number of aliphatic hydroxyl groups is 1. The Morgan fingerprint density at radius 1 is 1.09 bits per heavy atom. The number of likely N-dealkylation sites (tertiary alicyclic amines) is 1. The lowest BCUT2D eigenvalue weighted by molar-refractivity contribution is -0.908. The van der Waals surface area contributed by atoms with E-state index in [-0.39, 0.29) is 11.3 Å². The Labute approximate surface area is 205 Å². The average molecular weight is 484 g/mol. The summed E-state index contributed by atoms with van der Waals surface area (Å²) >= 11 is 6.00. The molecule has 7 heteroatoms. The molecule has 0 spiro atoms. The van der Waals surface area contributed by atoms with Gasteiger partial charge in [0.15, 0.2) is 0 Å². The van der Waals surface area contributed by atoms with Crippen LogP contribution in [0.3, 0.4) is 0 Å². The van der Waals surface area contributed by atoms with Gasteiger partial charge in [-0.3, -0.25) is 9.59 Å². The second-order valence-electron chi connectivity index (χ2n) is 9.29. The first-order chi connectivity index (χ1) is 16.4. The number of nitrogens with one attached hydrogen (secondary N) is 1. The predicted octanol–water partition coefficient (Wildman–Crippen LogP) is 3.19. The summed E-state index contributed by atoms with van der Waals surface area (Å²) in [6.45, 7) is 9.01. The number of Topliss-reactive ketones (excluding diaryl/α,β-unsaturated/α-hetero) is 1. The number of benzene rings is 2. The van der Waals surface area contributed by atoms with Crippen molar-refractivity contribution in [2.75, 3.05) is 39.4 Å². The van der Waals surface area contributed by atoms with Crippen LogP contribution in [0.1, 0.15) is 48.9 Å². The molecule has 6 nitrogen and oxygen atoms in total. The zero-order valence-corrected chi connectivity index (χ0v) is 20.5. The molecule has 0 bridgehead atoms. The molecule has 2 saturated heterocycles. The molecule has 2 aliphatic heterocycles. The van der Waals surface area contributed by atoms with Gasteiger partial charge in [-0.25, -0.2) is 0 Å². The lowest BCUT2D eigenvalue weighted by Crippen LogP contribution is -3.14. The second-order valence-corrected chi connectivity index (χ2v) is 9.72. The minimum atomic E-state index is -0.649. The van der Waals surface area contributed by atoms with E-state index in [1.165, 1.54) is 10.5 Å². The zero-order chi connectivity index (χ0) is 24.2. The third-order valence-corrected chi connectivity index (χ3v) is 6.96. The SMILES string of the molecule is CC(C)c1ccc([C@H]2C(=C(O)c3ccc(Cl)cc3)C(=O)C(=O)N2CCC[NH+]2CCOCC2)cc1. The maximum atomic E-state index is 13.2. The van der Waals surface area contributed by atoms with Gasteiger partial charge in [-0.2, -0.15) is 0 Å². The maximum absolute atomic E-state index is 13.2. The van der Waals surface area contributed by atoms with Gasteiger partial charge in [-0.1, -0.05) is 49.7 Å². The van der Waals surface area contributed by atoms with E-state index >= 15 is 0 Å². The van der Waals surface area contributed by atoms with Crippen molar-refractivity contribution in [3.8, 4) is 0 Å². The number of carbonyl (C=O) groups is 2. The first-order valence-electron chi connectivity index (χ1n) is 11.9. The van der Waals surface area contributed by atoms with Crippen molar-refractivity contribution < 1.29 is 24.3 Å². The van der Waals surface area contributed by atoms with E-state index in [4.69, 9.17) is 16.3 Å². The van der Waals surface area contributed by atoms with Crippen molar-refractivity contribution in [2.24, 2.45) is 0 Å². The van der Waals surface area contributed by atoms with Crippen LogP contribution < -0.4 is 4.90 Å². The van der Waals surface area contributed by atoms with Crippen molar-refractivity contribution in [3.05, 3.63) is 75.8 Å². The molecule has 34 heavy (non-hydrogen) atoms. The number of nitrogens with zero attached hydrogens (tertiary/aromatic N) is 1. The van der Waals surface area contributed by atoms with Crippen LogP contribution in [0.25, 0.3) is 5.76 Å². The Bertz CT molecular complexity index is 1060. The summed E-state index contributed by atoms with van der Waals surface area (Å²) in [5.74, 6) is -1.02. The Balaban J connectivity index is 1.67. The number of hydrogen-bond acceptors (Lipinski definition) is 4. The van der Waals surface area contributed by atoms with Gasteiger partial charge in [0.1, 0.15) is 18.8 Å². The number of amides is 1. The third-order valence-electron chi connectivity index (χ3n) is 6.71. The first kappa shape index (κ1) is 24.5. The minimum Gasteiger partial charge on any atom is -0.507 e. The van der Waals surface area contributed by atoms with Gasteiger partial charge in [0.2, 0.25) is 0 Å². The molecule has 4 rings (SSSR count). The van der Waals surface area contributed by atoms with Gasteiger partial charge in [-0.15, -0.1) is 0 Å². The van der Waals surface area contributed by atoms with Crippen LogP contribution >= 0.6 is 11.6 Å². The molecule has 2 N–H and O–H groups in total. The minimum absolute atomic E-state index is 0.128. The average Bonchev–Trinajstić information content (AvgIpc) is 3.10. The Kier molecular flexibility index (Phi) is 7.71. The second kappa shape index (κ2) is 10.7. The number of hydrogen-bond donors (Lipinski definition) is 2. The molecule has 2 aromatic carbocycles. The van der Waals surface area contributed by atoms with Crippen LogP contribution in [-0.4, -0.2) is 61.1 Å². The van der Waals surface area contributed by atoms with Crippen LogP contribution in [0.5, 0.6) is 0 Å². The highest BCUT2D eigenvalue weighted by Gasteiger charge is 2.45. The van der Waals surface area contributed by atoms with Crippen molar-refractivity contribution >= 4 is 29.1 Å². The smallest absolute Gasteiger partial charge is 0.295 e. The van der Waals surface area contributed by atoms with Crippen molar-refractivity contribution in [1.29, 1.82) is 0 Å². The van der Waals surface area contributed by atoms with Crippen LogP contribution in [0.15, 0.2) is 54.1 Å². The lowest BCUT2D eigenvalue weighted by atomic mass is 9.93. The normalized spacial score (nSPS) is 20.9. The number of ketones is 1. The summed E-state index contributed by atoms with van der Waals surface area (Å²) in [5.41, 5.74) is 2.58. The summed E-state index contributed by atoms with van der Waals surface area (Å²) in [4.78, 5) is 29.4. The number of aliphatic hydroxyl groups excluding tert-OH is 1. The van der Waals surface area contributed by atoms with Crippen molar-refractivity contribution in [2.45, 2.75) is 32.2 Å². The van der Waals surface area contributed by atoms with E-state index in [0.717, 1.165) is 44.8 Å². The molecule has 0 radical (unpaired) electrons. The molecule has 2 aliphatic rings. The summed E-state index contributed by atoms with van der Waals surface area (Å²) in [7, 11) is 0. The Morgan fingerprint density at radius 3 is 2.35 bits per heavy atom. The number of carbonyl (C=O) groups excluding carboxylic acids is 2. The largest absolute Gasteiger partial charge is 0.507 e. The summed E-state index contributed by atoms with van der Waals surface area (Å²) < 4.78 is 5.43. The van der Waals surface area contributed by atoms with Crippen LogP contribution in [0, 0.1) is 0 Å². The molecule has 1 atom stereocenters. The molecule has 2 fully saturated rings. The van der Waals surface area contributed by atoms with E-state index < -0.39 is 17.7 Å². The molecule has 0 unspecified atom stereocenters. The summed E-state index contributed by atoms with van der Waals surface area (Å²) in [6.07, 6.45) is 0.768. The first-order valence-corrected chi connectivity index (χ1v) is 12.3. The topological polar surface area (TPSA) is 71.3 Å². The highest BCUT2D eigenvalue weighted by molar-refractivity contribution is 6.46. The van der Waals surface area contributed by atoms with Crippen LogP contribution in [0.2, 0.25) is 5.02 Å². The lowest BCUT2D eigenvalue weighted by Gasteiger charge is -2.27. The van der Waals surface area contributed by atoms with E-state index in [9.17, 15) is 14.7 Å². The van der Waals surface area contributed by atoms with Gasteiger partial charge >= 0.3 is 0 Å². The van der Waals surface area contributed by atoms with E-state index in [2.05, 4.69) is 13.8 Å². The molecule has 0 aliphatic carbocycles. The van der Waals surface area contributed by atoms with E-state index in [0.29, 0.717) is 23.0 Å². The molecule has 180 valence electrons. The van der Waals surface area contributed by atoms with Gasteiger partial charge in [0.25, 0.3) is 11.7 Å². The van der Waals surface area contributed by atoms with E-state index in [1.54, 1.807) is 29.2 Å². The van der Waals surface area contributed by atoms with Gasteiger partial charge < -0.3 is 19.6 Å². The standard InChI is InChI=1S/C27H31ClN2O4/c1-18(2)19-4-6-20(7-5-19)24-23(25(31)21-8-10-22(28)11-9-21)26(32)27(33)30(24)13-3-12-29-14-16-34-17-15-29/h4-11,18,24,31H,3,12-17H2,1-2H3/p+1/t24-/m0/s1. The highest BCUT2D eigenvalue weighted by atomic mass is 35.5. The van der Waals surface area contributed by atoms with E-state index in [1.807, 2.05) is 24.3 Å². The van der Waals surface area contributed by atoms with Gasteiger partial charge in [0.05, 0.1) is 31.4 Å². The Hall–Kier alpha value is -2.67. The maximum Gasteiger partial charge on any atom is 0.295 e. The highest BCUT2D eigenvalue weighted by Crippen LogP contribution is 2.39. The number of halogens is 1. The zero-order valence-electron chi connectivity index (χ0n) is 19.7. The number of morpholine rings is 1. The van der Waals surface area contributed by atoms with Gasteiger partial charge in [0, 0.05) is 23.6 Å². The fourth-order valence-corrected chi connectivity index (χ4v) is 4.82. The van der Waals surface area contributed by atoms with Crippen LogP contribution in [0.4, 0.5) is 0 Å². The number of rotatable bonds is 7. The summed E-state index contributed by atoms with van der Waals surface area (Å²) in [5, 5.41) is 11.7. The quantitative estimate of drug-likeness (QED) is 0.360. The fraction of sp³-hybridized carbons (Fsp3) is 0.407. The van der Waals surface area contributed by atoms with Crippen molar-refractivity contribution in [1.82, 2.24) is 4.90 Å². The molecular formula is C27H32ClN2O4+. The molecule has 0 aromatic heterocycles. The number of quaternary nitrogens is 1. The predicted molar refractivity (Wildman–Crippen MR) is 132 cm³/mol. The summed E-state index contributed by atoms with van der Waals surface area (Å²) in [6, 6.07) is 14.0. The molecule has 0 saturated carbocycles. The third kappa shape index (κ3) is 5.19. The fourth-order valence-electron chi connectivity index (χ4n) is 4.69. The van der Waals surface area contributed by atoms with Crippen molar-refractivity contribution in [3.63, 3.8) is 0 Å². The van der Waals surface area contributed by atoms with Crippen LogP contribution in [-0.2, 0) is 14.3 Å². The molecule has 2 heterocycles. The van der Waals surface area contributed by atoms with Gasteiger partial charge in [-0.05, 0) is 41.3 Å². The molecule has 1 amide bonds.